The van der Waals surface area contributed by atoms with E-state index in [9.17, 15) is 4.79 Å². The molecule has 1 aromatic carbocycles. The van der Waals surface area contributed by atoms with Gasteiger partial charge in [-0.25, -0.2) is 0 Å². The van der Waals surface area contributed by atoms with E-state index in [1.807, 2.05) is 4.90 Å². The minimum Gasteiger partial charge on any atom is -0.338 e. The fraction of sp³-hybridized carbons (Fsp3) is 0.500. The van der Waals surface area contributed by atoms with Crippen molar-refractivity contribution in [3.05, 3.63) is 33.8 Å². The summed E-state index contributed by atoms with van der Waals surface area (Å²) < 4.78 is 0. The number of nitrogens with zero attached hydrogens (tertiary/aromatic N) is 1. The van der Waals surface area contributed by atoms with Crippen LogP contribution in [0, 0.1) is 5.92 Å². The van der Waals surface area contributed by atoms with Crippen molar-refractivity contribution in [1.82, 2.24) is 4.90 Å². The molecule has 0 N–H and O–H groups in total. The van der Waals surface area contributed by atoms with E-state index in [0.717, 1.165) is 31.3 Å². The number of hydrogen-bond donors (Lipinski definition) is 0. The number of carbonyl (C=O) groups is 1. The van der Waals surface area contributed by atoms with E-state index >= 15 is 0 Å². The first-order chi connectivity index (χ1) is 9.11. The van der Waals surface area contributed by atoms with Crippen LogP contribution in [0.1, 0.15) is 29.6 Å². The minimum atomic E-state index is 0.0148. The first kappa shape index (κ1) is 15.1. The standard InChI is InChI=1S/C14H16BrCl2NO/c15-6-5-10-2-1-7-18(9-10)14(19)12-4-3-11(16)8-13(12)17/h3-4,8,10H,1-2,5-7,9H2. The quantitative estimate of drug-likeness (QED) is 0.716. The lowest BCUT2D eigenvalue weighted by atomic mass is 9.95. The highest BCUT2D eigenvalue weighted by molar-refractivity contribution is 9.09. The van der Waals surface area contributed by atoms with Gasteiger partial charge in [0, 0.05) is 23.4 Å². The Hall–Kier alpha value is -0.250. The minimum absolute atomic E-state index is 0.0148. The molecule has 0 spiro atoms. The van der Waals surface area contributed by atoms with E-state index in [1.54, 1.807) is 18.2 Å². The van der Waals surface area contributed by atoms with Gasteiger partial charge in [-0.3, -0.25) is 4.79 Å². The highest BCUT2D eigenvalue weighted by Crippen LogP contribution is 2.26. The Balaban J connectivity index is 2.10. The third-order valence-corrected chi connectivity index (χ3v) is 4.49. The van der Waals surface area contributed by atoms with Gasteiger partial charge in [0.15, 0.2) is 0 Å². The maximum absolute atomic E-state index is 12.5. The molecule has 0 aromatic heterocycles. The maximum atomic E-state index is 12.5. The van der Waals surface area contributed by atoms with Crippen LogP contribution >= 0.6 is 39.1 Å². The molecular formula is C14H16BrCl2NO. The smallest absolute Gasteiger partial charge is 0.255 e. The molecule has 0 radical (unpaired) electrons. The normalized spacial score (nSPS) is 19.5. The van der Waals surface area contributed by atoms with Crippen LogP contribution in [0.15, 0.2) is 18.2 Å². The molecule has 0 aliphatic carbocycles. The van der Waals surface area contributed by atoms with Crippen molar-refractivity contribution in [3.63, 3.8) is 0 Å². The van der Waals surface area contributed by atoms with E-state index in [0.29, 0.717) is 21.5 Å². The summed E-state index contributed by atoms with van der Waals surface area (Å²) >= 11 is 15.4. The van der Waals surface area contributed by atoms with Crippen LogP contribution in [0.25, 0.3) is 0 Å². The second kappa shape index (κ2) is 6.96. The number of carbonyl (C=O) groups excluding carboxylic acids is 1. The van der Waals surface area contributed by atoms with Gasteiger partial charge in [0.25, 0.3) is 5.91 Å². The average molecular weight is 365 g/mol. The summed E-state index contributed by atoms with van der Waals surface area (Å²) in [5.74, 6) is 0.601. The van der Waals surface area contributed by atoms with Gasteiger partial charge in [0.2, 0.25) is 0 Å². The van der Waals surface area contributed by atoms with Crippen molar-refractivity contribution < 1.29 is 4.79 Å². The van der Waals surface area contributed by atoms with Crippen LogP contribution in [-0.4, -0.2) is 29.2 Å². The monoisotopic (exact) mass is 363 g/mol. The Labute approximate surface area is 132 Å². The zero-order chi connectivity index (χ0) is 13.8. The summed E-state index contributed by atoms with van der Waals surface area (Å²) in [7, 11) is 0. The molecular weight excluding hydrogens is 349 g/mol. The number of amides is 1. The van der Waals surface area contributed by atoms with E-state index in [1.165, 1.54) is 6.42 Å². The van der Waals surface area contributed by atoms with Crippen molar-refractivity contribution >= 4 is 45.0 Å². The van der Waals surface area contributed by atoms with E-state index in [4.69, 9.17) is 23.2 Å². The summed E-state index contributed by atoms with van der Waals surface area (Å²) in [5, 5.41) is 1.97. The van der Waals surface area contributed by atoms with Gasteiger partial charge in [0.05, 0.1) is 10.6 Å². The Morgan fingerprint density at radius 3 is 2.89 bits per heavy atom. The zero-order valence-corrected chi connectivity index (χ0v) is 13.6. The van der Waals surface area contributed by atoms with Crippen molar-refractivity contribution in [3.8, 4) is 0 Å². The van der Waals surface area contributed by atoms with Gasteiger partial charge < -0.3 is 4.90 Å². The molecule has 1 amide bonds. The highest BCUT2D eigenvalue weighted by atomic mass is 79.9. The van der Waals surface area contributed by atoms with E-state index < -0.39 is 0 Å². The summed E-state index contributed by atoms with van der Waals surface area (Å²) in [6, 6.07) is 5.04. The number of likely N-dealkylation sites (tertiary alicyclic amines) is 1. The van der Waals surface area contributed by atoms with Crippen molar-refractivity contribution in [1.29, 1.82) is 0 Å². The molecule has 1 atom stereocenters. The molecule has 1 fully saturated rings. The van der Waals surface area contributed by atoms with Crippen LogP contribution in [-0.2, 0) is 0 Å². The van der Waals surface area contributed by atoms with Crippen molar-refractivity contribution in [2.24, 2.45) is 5.92 Å². The number of piperidine rings is 1. The Morgan fingerprint density at radius 2 is 2.21 bits per heavy atom. The Bertz CT molecular complexity index is 465. The number of hydrogen-bond acceptors (Lipinski definition) is 1. The van der Waals surface area contributed by atoms with Gasteiger partial charge in [0.1, 0.15) is 0 Å². The van der Waals surface area contributed by atoms with Gasteiger partial charge in [-0.05, 0) is 43.4 Å². The first-order valence-corrected chi connectivity index (χ1v) is 8.30. The van der Waals surface area contributed by atoms with Crippen LogP contribution in [0.4, 0.5) is 0 Å². The molecule has 19 heavy (non-hydrogen) atoms. The summed E-state index contributed by atoms with van der Waals surface area (Å²) in [6.07, 6.45) is 3.37. The molecule has 2 nitrogen and oxygen atoms in total. The van der Waals surface area contributed by atoms with Crippen LogP contribution in [0.3, 0.4) is 0 Å². The predicted molar refractivity (Wildman–Crippen MR) is 83.5 cm³/mol. The molecule has 1 aromatic rings. The van der Waals surface area contributed by atoms with Gasteiger partial charge in [-0.1, -0.05) is 39.1 Å². The van der Waals surface area contributed by atoms with Crippen LogP contribution in [0.5, 0.6) is 0 Å². The van der Waals surface area contributed by atoms with Crippen LogP contribution < -0.4 is 0 Å². The topological polar surface area (TPSA) is 20.3 Å². The van der Waals surface area contributed by atoms with E-state index in [-0.39, 0.29) is 5.91 Å². The maximum Gasteiger partial charge on any atom is 0.255 e. The largest absolute Gasteiger partial charge is 0.338 e. The van der Waals surface area contributed by atoms with E-state index in [2.05, 4.69) is 15.9 Å². The third kappa shape index (κ3) is 3.87. The first-order valence-electron chi connectivity index (χ1n) is 6.42. The molecule has 104 valence electrons. The number of halogens is 3. The Kier molecular flexibility index (Phi) is 5.55. The average Bonchev–Trinajstić information content (AvgIpc) is 2.39. The number of benzene rings is 1. The summed E-state index contributed by atoms with van der Waals surface area (Å²) in [6.45, 7) is 1.64. The lowest BCUT2D eigenvalue weighted by Gasteiger charge is -2.32. The van der Waals surface area contributed by atoms with Crippen LogP contribution in [0.2, 0.25) is 10.0 Å². The third-order valence-electron chi connectivity index (χ3n) is 3.49. The molecule has 1 heterocycles. The molecule has 5 heteroatoms. The lowest BCUT2D eigenvalue weighted by Crippen LogP contribution is -2.40. The van der Waals surface area contributed by atoms with Gasteiger partial charge in [-0.2, -0.15) is 0 Å². The van der Waals surface area contributed by atoms with Gasteiger partial charge >= 0.3 is 0 Å². The fourth-order valence-electron chi connectivity index (χ4n) is 2.47. The lowest BCUT2D eigenvalue weighted by molar-refractivity contribution is 0.0672. The SMILES string of the molecule is O=C(c1ccc(Cl)cc1Cl)N1CCCC(CCBr)C1. The zero-order valence-electron chi connectivity index (χ0n) is 10.5. The fourth-order valence-corrected chi connectivity index (χ4v) is 3.61. The molecule has 1 aliphatic heterocycles. The molecule has 2 rings (SSSR count). The highest BCUT2D eigenvalue weighted by Gasteiger charge is 2.25. The predicted octanol–water partition coefficient (Wildman–Crippen LogP) is 4.63. The summed E-state index contributed by atoms with van der Waals surface area (Å²) in [5.41, 5.74) is 0.547. The molecule has 0 bridgehead atoms. The summed E-state index contributed by atoms with van der Waals surface area (Å²) in [4.78, 5) is 14.4. The van der Waals surface area contributed by atoms with Gasteiger partial charge in [-0.15, -0.1) is 0 Å². The second-order valence-electron chi connectivity index (χ2n) is 4.86. The Morgan fingerprint density at radius 1 is 1.42 bits per heavy atom. The number of rotatable bonds is 3. The second-order valence-corrected chi connectivity index (χ2v) is 6.50. The molecule has 0 saturated carbocycles. The van der Waals surface area contributed by atoms with Crippen molar-refractivity contribution in [2.45, 2.75) is 19.3 Å². The molecule has 1 aliphatic rings. The molecule has 1 saturated heterocycles. The molecule has 1 unspecified atom stereocenters. The van der Waals surface area contributed by atoms with Crippen molar-refractivity contribution in [2.75, 3.05) is 18.4 Å². The number of alkyl halides is 1.